The van der Waals surface area contributed by atoms with E-state index in [0.29, 0.717) is 13.1 Å². The zero-order chi connectivity index (χ0) is 12.3. The van der Waals surface area contributed by atoms with Crippen LogP contribution in [0.2, 0.25) is 0 Å². The highest BCUT2D eigenvalue weighted by atomic mass is 35.5. The van der Waals surface area contributed by atoms with Crippen molar-refractivity contribution in [3.63, 3.8) is 0 Å². The average molecular weight is 248 g/mol. The third-order valence-electron chi connectivity index (χ3n) is 2.46. The van der Waals surface area contributed by atoms with Crippen molar-refractivity contribution in [2.24, 2.45) is 0 Å². The summed E-state index contributed by atoms with van der Waals surface area (Å²) < 4.78 is 0. The van der Waals surface area contributed by atoms with E-state index in [4.69, 9.17) is 11.6 Å². The summed E-state index contributed by atoms with van der Waals surface area (Å²) in [6.45, 7) is 3.98. The number of imide groups is 1. The zero-order valence-corrected chi connectivity index (χ0v) is 9.93. The molecule has 0 aromatic carbocycles. The molecule has 7 heteroatoms. The van der Waals surface area contributed by atoms with Gasteiger partial charge in [-0.3, -0.25) is 14.9 Å². The molecule has 0 radical (unpaired) electrons. The van der Waals surface area contributed by atoms with Crippen molar-refractivity contribution in [2.45, 2.75) is 19.4 Å². The van der Waals surface area contributed by atoms with Gasteiger partial charge < -0.3 is 10.2 Å². The predicted molar refractivity (Wildman–Crippen MR) is 58.1 cm³/mol. The van der Waals surface area contributed by atoms with Crippen LogP contribution in [0, 0.1) is 0 Å². The SMILES string of the molecule is CC1(C)C(=O)NCCN1C(=O)NC(=O)CCl. The largest absolute Gasteiger partial charge is 0.352 e. The average Bonchev–Trinajstić information content (AvgIpc) is 2.21. The third kappa shape index (κ3) is 2.44. The van der Waals surface area contributed by atoms with Gasteiger partial charge in [-0.25, -0.2) is 4.79 Å². The summed E-state index contributed by atoms with van der Waals surface area (Å²) in [5.74, 6) is -1.10. The Morgan fingerprint density at radius 2 is 2.19 bits per heavy atom. The van der Waals surface area contributed by atoms with E-state index in [2.05, 4.69) is 10.6 Å². The summed E-state index contributed by atoms with van der Waals surface area (Å²) >= 11 is 5.27. The molecule has 1 rings (SSSR count). The number of hydrogen-bond acceptors (Lipinski definition) is 3. The number of alkyl halides is 1. The van der Waals surface area contributed by atoms with Gasteiger partial charge in [0, 0.05) is 13.1 Å². The quantitative estimate of drug-likeness (QED) is 0.623. The van der Waals surface area contributed by atoms with Crippen molar-refractivity contribution in [1.29, 1.82) is 0 Å². The highest BCUT2D eigenvalue weighted by molar-refractivity contribution is 6.28. The Morgan fingerprint density at radius 1 is 1.56 bits per heavy atom. The summed E-state index contributed by atoms with van der Waals surface area (Å²) in [6, 6.07) is -0.592. The van der Waals surface area contributed by atoms with Crippen LogP contribution in [0.5, 0.6) is 0 Å². The van der Waals surface area contributed by atoms with Gasteiger partial charge >= 0.3 is 6.03 Å². The van der Waals surface area contributed by atoms with Gasteiger partial charge in [-0.2, -0.15) is 0 Å². The molecular formula is C9H14ClN3O3. The second-order valence-electron chi connectivity index (χ2n) is 3.95. The maximum absolute atomic E-state index is 11.7. The van der Waals surface area contributed by atoms with Crippen molar-refractivity contribution >= 4 is 29.4 Å². The van der Waals surface area contributed by atoms with Crippen LogP contribution in [0.3, 0.4) is 0 Å². The minimum absolute atomic E-state index is 0.243. The first-order valence-electron chi connectivity index (χ1n) is 4.85. The molecule has 0 spiro atoms. The Morgan fingerprint density at radius 3 is 2.75 bits per heavy atom. The van der Waals surface area contributed by atoms with Crippen molar-refractivity contribution in [2.75, 3.05) is 19.0 Å². The van der Waals surface area contributed by atoms with Gasteiger partial charge in [0.15, 0.2) is 0 Å². The van der Waals surface area contributed by atoms with E-state index < -0.39 is 17.5 Å². The Balaban J connectivity index is 2.74. The number of halogens is 1. The number of urea groups is 1. The van der Waals surface area contributed by atoms with Gasteiger partial charge in [0.1, 0.15) is 11.4 Å². The van der Waals surface area contributed by atoms with Gasteiger partial charge in [-0.1, -0.05) is 0 Å². The van der Waals surface area contributed by atoms with Gasteiger partial charge in [0.25, 0.3) is 0 Å². The van der Waals surface area contributed by atoms with Crippen LogP contribution < -0.4 is 10.6 Å². The number of nitrogens with one attached hydrogen (secondary N) is 2. The lowest BCUT2D eigenvalue weighted by molar-refractivity contribution is -0.133. The summed E-state index contributed by atoms with van der Waals surface area (Å²) in [7, 11) is 0. The molecule has 1 aliphatic heterocycles. The molecule has 1 heterocycles. The zero-order valence-electron chi connectivity index (χ0n) is 9.17. The number of rotatable bonds is 1. The molecule has 16 heavy (non-hydrogen) atoms. The summed E-state index contributed by atoms with van der Waals surface area (Å²) in [5.41, 5.74) is -0.963. The fourth-order valence-corrected chi connectivity index (χ4v) is 1.54. The molecule has 0 atom stereocenters. The highest BCUT2D eigenvalue weighted by Gasteiger charge is 2.40. The van der Waals surface area contributed by atoms with E-state index in [0.717, 1.165) is 0 Å². The fourth-order valence-electron chi connectivity index (χ4n) is 1.48. The number of hydrogen-bond donors (Lipinski definition) is 2. The molecular weight excluding hydrogens is 234 g/mol. The molecule has 1 saturated heterocycles. The predicted octanol–water partition coefficient (Wildman–Crippen LogP) is -0.328. The Bertz CT molecular complexity index is 330. The minimum atomic E-state index is -0.963. The Labute approximate surface area is 98.3 Å². The highest BCUT2D eigenvalue weighted by Crippen LogP contribution is 2.17. The molecule has 0 saturated carbocycles. The first-order valence-corrected chi connectivity index (χ1v) is 5.38. The molecule has 0 aliphatic carbocycles. The van der Waals surface area contributed by atoms with Crippen molar-refractivity contribution in [3.05, 3.63) is 0 Å². The molecule has 0 aromatic rings. The second-order valence-corrected chi connectivity index (χ2v) is 4.22. The molecule has 6 nitrogen and oxygen atoms in total. The Kier molecular flexibility index (Phi) is 3.74. The maximum Gasteiger partial charge on any atom is 0.325 e. The summed E-state index contributed by atoms with van der Waals surface area (Å²) in [6.07, 6.45) is 0. The standard InChI is InChI=1S/C9H14ClN3O3/c1-9(2)7(15)11-3-4-13(9)8(16)12-6(14)5-10/h3-5H2,1-2H3,(H,11,15)(H,12,14,16). The number of carbonyl (C=O) groups excluding carboxylic acids is 3. The van der Waals surface area contributed by atoms with Crippen molar-refractivity contribution in [1.82, 2.24) is 15.5 Å². The van der Waals surface area contributed by atoms with Crippen molar-refractivity contribution < 1.29 is 14.4 Å². The second kappa shape index (κ2) is 4.69. The van der Waals surface area contributed by atoms with Crippen LogP contribution in [-0.4, -0.2) is 47.3 Å². The molecule has 0 unspecified atom stereocenters. The van der Waals surface area contributed by atoms with Crippen LogP contribution in [-0.2, 0) is 9.59 Å². The maximum atomic E-state index is 11.7. The molecule has 2 N–H and O–H groups in total. The monoisotopic (exact) mass is 247 g/mol. The van der Waals surface area contributed by atoms with Crippen LogP contribution >= 0.6 is 11.6 Å². The number of carbonyl (C=O) groups is 3. The first kappa shape index (κ1) is 12.8. The molecule has 0 bridgehead atoms. The van der Waals surface area contributed by atoms with E-state index in [1.807, 2.05) is 0 Å². The Hall–Kier alpha value is -1.30. The number of piperazine rings is 1. The van der Waals surface area contributed by atoms with Gasteiger partial charge in [0.05, 0.1) is 0 Å². The molecule has 4 amide bonds. The van der Waals surface area contributed by atoms with Gasteiger partial charge in [-0.05, 0) is 13.8 Å². The van der Waals surface area contributed by atoms with E-state index in [9.17, 15) is 14.4 Å². The van der Waals surface area contributed by atoms with E-state index >= 15 is 0 Å². The lowest BCUT2D eigenvalue weighted by Gasteiger charge is -2.40. The summed E-state index contributed by atoms with van der Waals surface area (Å²) in [5, 5.41) is 4.76. The van der Waals surface area contributed by atoms with Crippen LogP contribution in [0.4, 0.5) is 4.79 Å². The lowest BCUT2D eigenvalue weighted by atomic mass is 10.00. The van der Waals surface area contributed by atoms with Gasteiger partial charge in [0.2, 0.25) is 11.8 Å². The minimum Gasteiger partial charge on any atom is -0.352 e. The van der Waals surface area contributed by atoms with Crippen LogP contribution in [0.1, 0.15) is 13.8 Å². The van der Waals surface area contributed by atoms with Crippen LogP contribution in [0.15, 0.2) is 0 Å². The first-order chi connectivity index (χ1) is 7.39. The third-order valence-corrected chi connectivity index (χ3v) is 2.71. The smallest absolute Gasteiger partial charge is 0.325 e. The molecule has 1 aliphatic rings. The van der Waals surface area contributed by atoms with Gasteiger partial charge in [-0.15, -0.1) is 11.6 Å². The number of amides is 4. The fraction of sp³-hybridized carbons (Fsp3) is 0.667. The summed E-state index contributed by atoms with van der Waals surface area (Å²) in [4.78, 5) is 35.5. The topological polar surface area (TPSA) is 78.5 Å². The number of nitrogens with zero attached hydrogens (tertiary/aromatic N) is 1. The van der Waals surface area contributed by atoms with E-state index in [-0.39, 0.29) is 11.8 Å². The lowest BCUT2D eigenvalue weighted by Crippen LogP contribution is -2.65. The van der Waals surface area contributed by atoms with E-state index in [1.54, 1.807) is 13.8 Å². The van der Waals surface area contributed by atoms with E-state index in [1.165, 1.54) is 4.90 Å². The molecule has 90 valence electrons. The molecule has 0 aromatic heterocycles. The van der Waals surface area contributed by atoms with Crippen molar-refractivity contribution in [3.8, 4) is 0 Å². The van der Waals surface area contributed by atoms with Crippen LogP contribution in [0.25, 0.3) is 0 Å². The molecule has 1 fully saturated rings. The normalized spacial score (nSPS) is 18.9.